The maximum absolute atomic E-state index is 12.4. The van der Waals surface area contributed by atoms with Crippen molar-refractivity contribution >= 4 is 5.78 Å². The summed E-state index contributed by atoms with van der Waals surface area (Å²) in [6.45, 7) is 8.01. The molecule has 0 aromatic heterocycles. The van der Waals surface area contributed by atoms with Crippen LogP contribution in [0.4, 0.5) is 0 Å². The monoisotopic (exact) mass is 288 g/mol. The molecule has 0 spiro atoms. The predicted octanol–water partition coefficient (Wildman–Crippen LogP) is 2.85. The fourth-order valence-corrected chi connectivity index (χ4v) is 3.04. The Bertz CT molecular complexity index is 455. The van der Waals surface area contributed by atoms with Crippen molar-refractivity contribution in [1.29, 1.82) is 0 Å². The van der Waals surface area contributed by atoms with Gasteiger partial charge in [-0.3, -0.25) is 9.69 Å². The van der Waals surface area contributed by atoms with Crippen LogP contribution in [0.2, 0.25) is 0 Å². The number of aryl methyl sites for hydroxylation is 1. The van der Waals surface area contributed by atoms with Crippen LogP contribution in [0.1, 0.15) is 42.6 Å². The summed E-state index contributed by atoms with van der Waals surface area (Å²) in [6, 6.07) is 8.74. The van der Waals surface area contributed by atoms with E-state index in [0.29, 0.717) is 12.6 Å². The maximum Gasteiger partial charge on any atom is 0.176 e. The molecule has 1 aromatic carbocycles. The molecule has 0 saturated carbocycles. The summed E-state index contributed by atoms with van der Waals surface area (Å²) in [7, 11) is 2.18. The Kier molecular flexibility index (Phi) is 5.95. The van der Waals surface area contributed by atoms with Gasteiger partial charge in [0.15, 0.2) is 5.78 Å². The first kappa shape index (κ1) is 16.2. The Morgan fingerprint density at radius 3 is 2.52 bits per heavy atom. The highest BCUT2D eigenvalue weighted by Crippen LogP contribution is 2.12. The van der Waals surface area contributed by atoms with Gasteiger partial charge in [-0.15, -0.1) is 0 Å². The van der Waals surface area contributed by atoms with Crippen molar-refractivity contribution in [1.82, 2.24) is 9.80 Å². The van der Waals surface area contributed by atoms with Crippen molar-refractivity contribution in [2.45, 2.75) is 39.2 Å². The van der Waals surface area contributed by atoms with Crippen LogP contribution in [0.3, 0.4) is 0 Å². The van der Waals surface area contributed by atoms with E-state index in [4.69, 9.17) is 0 Å². The van der Waals surface area contributed by atoms with Crippen molar-refractivity contribution in [3.63, 3.8) is 0 Å². The number of nitrogens with zero attached hydrogens (tertiary/aromatic N) is 2. The van der Waals surface area contributed by atoms with Gasteiger partial charge in [0.25, 0.3) is 0 Å². The van der Waals surface area contributed by atoms with Gasteiger partial charge in [0.2, 0.25) is 0 Å². The molecule has 0 amide bonds. The summed E-state index contributed by atoms with van der Waals surface area (Å²) in [4.78, 5) is 17.1. The van der Waals surface area contributed by atoms with E-state index in [1.165, 1.54) is 5.56 Å². The van der Waals surface area contributed by atoms with E-state index in [1.807, 2.05) is 12.1 Å². The minimum Gasteiger partial charge on any atom is -0.301 e. The number of hydrogen-bond donors (Lipinski definition) is 0. The standard InChI is InChI=1S/C18H28N2O/c1-4-6-15-7-9-16(10-8-15)18(21)14-20-12-11-19(3)17(5-2)13-20/h7-10,17H,4-6,11-14H2,1-3H3. The molecule has 0 bridgehead atoms. The van der Waals surface area contributed by atoms with Gasteiger partial charge in [-0.1, -0.05) is 44.5 Å². The van der Waals surface area contributed by atoms with Crippen LogP contribution in [-0.4, -0.2) is 54.9 Å². The first-order valence-corrected chi connectivity index (χ1v) is 8.18. The molecule has 1 heterocycles. The van der Waals surface area contributed by atoms with Crippen LogP contribution in [0.5, 0.6) is 0 Å². The molecule has 3 nitrogen and oxygen atoms in total. The van der Waals surface area contributed by atoms with Gasteiger partial charge in [0, 0.05) is 31.2 Å². The predicted molar refractivity (Wildman–Crippen MR) is 87.9 cm³/mol. The molecule has 1 atom stereocenters. The first-order valence-electron chi connectivity index (χ1n) is 8.18. The quantitative estimate of drug-likeness (QED) is 0.752. The summed E-state index contributed by atoms with van der Waals surface area (Å²) in [5.41, 5.74) is 2.17. The summed E-state index contributed by atoms with van der Waals surface area (Å²) < 4.78 is 0. The number of likely N-dealkylation sites (N-methyl/N-ethyl adjacent to an activating group) is 1. The van der Waals surface area contributed by atoms with Gasteiger partial charge < -0.3 is 4.90 Å². The van der Waals surface area contributed by atoms with Crippen LogP contribution in [0, 0.1) is 0 Å². The highest BCUT2D eigenvalue weighted by Gasteiger charge is 2.24. The van der Waals surface area contributed by atoms with E-state index < -0.39 is 0 Å². The molecule has 2 rings (SSSR count). The lowest BCUT2D eigenvalue weighted by Crippen LogP contribution is -2.52. The third-order valence-electron chi connectivity index (χ3n) is 4.51. The van der Waals surface area contributed by atoms with Crippen molar-refractivity contribution in [3.8, 4) is 0 Å². The normalized spacial score (nSPS) is 20.6. The number of carbonyl (C=O) groups excluding carboxylic acids is 1. The molecular weight excluding hydrogens is 260 g/mol. The van der Waals surface area contributed by atoms with Crippen LogP contribution in [0.15, 0.2) is 24.3 Å². The first-order chi connectivity index (χ1) is 10.1. The average Bonchev–Trinajstić information content (AvgIpc) is 2.50. The second kappa shape index (κ2) is 7.71. The molecule has 1 aliphatic rings. The largest absolute Gasteiger partial charge is 0.301 e. The zero-order chi connectivity index (χ0) is 15.2. The molecule has 1 aromatic rings. The lowest BCUT2D eigenvalue weighted by atomic mass is 10.0. The molecule has 1 fully saturated rings. The fourth-order valence-electron chi connectivity index (χ4n) is 3.04. The van der Waals surface area contributed by atoms with Crippen molar-refractivity contribution in [3.05, 3.63) is 35.4 Å². The van der Waals surface area contributed by atoms with Crippen LogP contribution < -0.4 is 0 Å². The van der Waals surface area contributed by atoms with Crippen molar-refractivity contribution in [2.24, 2.45) is 0 Å². The third-order valence-corrected chi connectivity index (χ3v) is 4.51. The summed E-state index contributed by atoms with van der Waals surface area (Å²) in [5.74, 6) is 0.248. The molecule has 0 aliphatic carbocycles. The van der Waals surface area contributed by atoms with E-state index in [2.05, 4.69) is 42.8 Å². The molecule has 116 valence electrons. The van der Waals surface area contributed by atoms with Crippen LogP contribution in [-0.2, 0) is 6.42 Å². The molecule has 0 radical (unpaired) electrons. The molecule has 1 aliphatic heterocycles. The summed E-state index contributed by atoms with van der Waals surface area (Å²) in [5, 5.41) is 0. The number of benzene rings is 1. The topological polar surface area (TPSA) is 23.6 Å². The molecule has 0 N–H and O–H groups in total. The zero-order valence-electron chi connectivity index (χ0n) is 13.6. The Balaban J connectivity index is 1.91. The highest BCUT2D eigenvalue weighted by molar-refractivity contribution is 5.97. The van der Waals surface area contributed by atoms with E-state index in [-0.39, 0.29) is 5.78 Å². The third kappa shape index (κ3) is 4.39. The fraction of sp³-hybridized carbons (Fsp3) is 0.611. The smallest absolute Gasteiger partial charge is 0.176 e. The van der Waals surface area contributed by atoms with Crippen LogP contribution in [0.25, 0.3) is 0 Å². The molecule has 1 unspecified atom stereocenters. The van der Waals surface area contributed by atoms with Crippen molar-refractivity contribution in [2.75, 3.05) is 33.2 Å². The minimum absolute atomic E-state index is 0.248. The van der Waals surface area contributed by atoms with Gasteiger partial charge in [0.05, 0.1) is 6.54 Å². The Labute approximate surface area is 128 Å². The number of carbonyl (C=O) groups is 1. The molecule has 3 heteroatoms. The lowest BCUT2D eigenvalue weighted by molar-refractivity contribution is 0.0743. The SMILES string of the molecule is CCCc1ccc(C(=O)CN2CCN(C)C(CC)C2)cc1. The van der Waals surface area contributed by atoms with Gasteiger partial charge in [-0.25, -0.2) is 0 Å². The van der Waals surface area contributed by atoms with Crippen molar-refractivity contribution < 1.29 is 4.79 Å². The molecule has 21 heavy (non-hydrogen) atoms. The second-order valence-electron chi connectivity index (χ2n) is 6.15. The van der Waals surface area contributed by atoms with Gasteiger partial charge >= 0.3 is 0 Å². The number of piperazine rings is 1. The number of ketones is 1. The zero-order valence-corrected chi connectivity index (χ0v) is 13.6. The highest BCUT2D eigenvalue weighted by atomic mass is 16.1. The van der Waals surface area contributed by atoms with E-state index in [0.717, 1.165) is 44.5 Å². The number of hydrogen-bond acceptors (Lipinski definition) is 3. The number of Topliss-reactive ketones (excluding diaryl/α,β-unsaturated/α-hetero) is 1. The number of rotatable bonds is 6. The van der Waals surface area contributed by atoms with E-state index >= 15 is 0 Å². The van der Waals surface area contributed by atoms with E-state index in [1.54, 1.807) is 0 Å². The molecular formula is C18H28N2O. The maximum atomic E-state index is 12.4. The minimum atomic E-state index is 0.248. The molecule has 1 saturated heterocycles. The van der Waals surface area contributed by atoms with E-state index in [9.17, 15) is 4.79 Å². The Hall–Kier alpha value is -1.19. The summed E-state index contributed by atoms with van der Waals surface area (Å²) >= 11 is 0. The second-order valence-corrected chi connectivity index (χ2v) is 6.15. The van der Waals surface area contributed by atoms with Gasteiger partial charge in [-0.2, -0.15) is 0 Å². The van der Waals surface area contributed by atoms with Gasteiger partial charge in [0.1, 0.15) is 0 Å². The van der Waals surface area contributed by atoms with Crippen LogP contribution >= 0.6 is 0 Å². The Morgan fingerprint density at radius 2 is 1.90 bits per heavy atom. The average molecular weight is 288 g/mol. The van der Waals surface area contributed by atoms with Gasteiger partial charge in [-0.05, 0) is 25.5 Å². The summed E-state index contributed by atoms with van der Waals surface area (Å²) in [6.07, 6.45) is 3.38. The Morgan fingerprint density at radius 1 is 1.19 bits per heavy atom. The lowest BCUT2D eigenvalue weighted by Gasteiger charge is -2.38.